The van der Waals surface area contributed by atoms with Crippen molar-refractivity contribution in [3.63, 3.8) is 0 Å². The summed E-state index contributed by atoms with van der Waals surface area (Å²) in [5.41, 5.74) is 3.54. The molecule has 3 fully saturated rings. The van der Waals surface area contributed by atoms with Crippen molar-refractivity contribution in [2.24, 2.45) is 17.8 Å². The second-order valence-corrected chi connectivity index (χ2v) is 11.0. The fourth-order valence-corrected chi connectivity index (χ4v) is 6.64. The summed E-state index contributed by atoms with van der Waals surface area (Å²) in [6.07, 6.45) is 6.26. The highest BCUT2D eigenvalue weighted by atomic mass is 19.1. The van der Waals surface area contributed by atoms with Crippen molar-refractivity contribution < 1.29 is 18.7 Å². The predicted molar refractivity (Wildman–Crippen MR) is 152 cm³/mol. The molecule has 2 aromatic carbocycles. The quantitative estimate of drug-likeness (QED) is 0.211. The molecule has 9 heteroatoms. The van der Waals surface area contributed by atoms with Gasteiger partial charge in [0.15, 0.2) is 17.5 Å². The molecule has 3 saturated carbocycles. The first-order valence-corrected chi connectivity index (χ1v) is 13.8. The van der Waals surface area contributed by atoms with Crippen LogP contribution < -0.4 is 5.32 Å². The number of halogens is 2. The first-order chi connectivity index (χ1) is 20.0. The van der Waals surface area contributed by atoms with Crippen LogP contribution in [-0.2, 0) is 4.79 Å². The van der Waals surface area contributed by atoms with Crippen LogP contribution in [0.25, 0.3) is 44.8 Å². The Kier molecular flexibility index (Phi) is 6.22. The van der Waals surface area contributed by atoms with Crippen molar-refractivity contribution in [2.75, 3.05) is 5.32 Å². The number of nitrogens with one attached hydrogen (secondary N) is 2. The van der Waals surface area contributed by atoms with Crippen LogP contribution in [0.4, 0.5) is 14.6 Å². The molecule has 3 N–H and O–H groups in total. The average molecular weight is 552 g/mol. The number of carboxylic acids is 1. The van der Waals surface area contributed by atoms with Crippen LogP contribution in [0.3, 0.4) is 0 Å². The molecule has 7 nitrogen and oxygen atoms in total. The standard InChI is InChI=1S/C32H27F2N5O2/c33-22-14-23-24(16-36-29(23)35-15-22)30-38-28(21-10-6-18(7-11-21)17-4-2-1-3-5-17)26(34)31(39-30)37-27-20-12-8-19(9-13-20)25(27)32(40)41/h1-7,10-11,14-16,19-20,25,27H,8-9,12-13H2,(H,35,36)(H,40,41)(H,37,38,39). The summed E-state index contributed by atoms with van der Waals surface area (Å²) >= 11 is 0. The Hall–Kier alpha value is -4.66. The second kappa shape index (κ2) is 10.1. The Balaban J connectivity index is 1.35. The largest absolute Gasteiger partial charge is 0.481 e. The van der Waals surface area contributed by atoms with Crippen molar-refractivity contribution in [2.45, 2.75) is 31.7 Å². The number of fused-ring (bicyclic) bond motifs is 4. The Morgan fingerprint density at radius 2 is 1.59 bits per heavy atom. The highest BCUT2D eigenvalue weighted by Crippen LogP contribution is 2.47. The van der Waals surface area contributed by atoms with E-state index in [-0.39, 0.29) is 29.2 Å². The molecule has 206 valence electrons. The third-order valence-electron chi connectivity index (χ3n) is 8.66. The summed E-state index contributed by atoms with van der Waals surface area (Å²) in [5.74, 6) is -2.39. The van der Waals surface area contributed by atoms with Crippen molar-refractivity contribution in [3.05, 3.63) is 84.7 Å². The van der Waals surface area contributed by atoms with Gasteiger partial charge in [0.25, 0.3) is 0 Å². The summed E-state index contributed by atoms with van der Waals surface area (Å²) in [4.78, 5) is 28.6. The second-order valence-electron chi connectivity index (χ2n) is 11.0. The Labute approximate surface area is 234 Å². The SMILES string of the molecule is O=C(O)C1C2CCC(CC2)C1Nc1nc(-c2c[nH]c3ncc(F)cc23)nc(-c2ccc(-c3ccccc3)cc2)c1F. The molecular formula is C32H27F2N5O2. The lowest BCUT2D eigenvalue weighted by Gasteiger charge is -2.47. The number of rotatable bonds is 6. The zero-order valence-corrected chi connectivity index (χ0v) is 22.0. The van der Waals surface area contributed by atoms with E-state index in [1.165, 1.54) is 6.07 Å². The highest BCUT2D eigenvalue weighted by molar-refractivity contribution is 5.92. The number of H-pyrrole nitrogens is 1. The topological polar surface area (TPSA) is 104 Å². The first kappa shape index (κ1) is 25.3. The van der Waals surface area contributed by atoms with E-state index in [2.05, 4.69) is 25.3 Å². The Morgan fingerprint density at radius 1 is 0.902 bits per heavy atom. The Morgan fingerprint density at radius 3 is 2.32 bits per heavy atom. The lowest BCUT2D eigenvalue weighted by atomic mass is 9.61. The van der Waals surface area contributed by atoms with E-state index in [9.17, 15) is 14.3 Å². The minimum absolute atomic E-state index is 0.0482. The molecule has 8 rings (SSSR count). The van der Waals surface area contributed by atoms with Gasteiger partial charge in [-0.25, -0.2) is 23.7 Å². The van der Waals surface area contributed by atoms with Gasteiger partial charge in [0.05, 0.1) is 12.1 Å². The molecule has 0 spiro atoms. The number of aromatic nitrogens is 4. The third kappa shape index (κ3) is 4.51. The van der Waals surface area contributed by atoms with Crippen LogP contribution in [0, 0.1) is 29.4 Å². The van der Waals surface area contributed by atoms with Gasteiger partial charge in [-0.2, -0.15) is 0 Å². The van der Waals surface area contributed by atoms with Crippen LogP contribution in [0.1, 0.15) is 25.7 Å². The van der Waals surface area contributed by atoms with Crippen LogP contribution in [-0.4, -0.2) is 37.1 Å². The number of anilines is 1. The molecule has 41 heavy (non-hydrogen) atoms. The number of hydrogen-bond donors (Lipinski definition) is 3. The summed E-state index contributed by atoms with van der Waals surface area (Å²) < 4.78 is 30.4. The number of nitrogens with zero attached hydrogens (tertiary/aromatic N) is 3. The summed E-state index contributed by atoms with van der Waals surface area (Å²) in [7, 11) is 0. The minimum Gasteiger partial charge on any atom is -0.481 e. The lowest BCUT2D eigenvalue weighted by Crippen LogP contribution is -2.51. The van der Waals surface area contributed by atoms with E-state index in [1.807, 2.05) is 42.5 Å². The fraction of sp³-hybridized carbons (Fsp3) is 0.250. The van der Waals surface area contributed by atoms with Gasteiger partial charge < -0.3 is 15.4 Å². The van der Waals surface area contributed by atoms with E-state index in [1.54, 1.807) is 18.3 Å². The predicted octanol–water partition coefficient (Wildman–Crippen LogP) is 6.93. The number of hydrogen-bond acceptors (Lipinski definition) is 5. The van der Waals surface area contributed by atoms with Crippen molar-refractivity contribution in [1.29, 1.82) is 0 Å². The number of carboxylic acid groups (broad SMARTS) is 1. The van der Waals surface area contributed by atoms with Crippen LogP contribution in [0.2, 0.25) is 0 Å². The van der Waals surface area contributed by atoms with Crippen molar-refractivity contribution in [3.8, 4) is 33.8 Å². The van der Waals surface area contributed by atoms with Crippen LogP contribution >= 0.6 is 0 Å². The number of benzene rings is 2. The zero-order valence-electron chi connectivity index (χ0n) is 22.0. The Bertz CT molecular complexity index is 1750. The smallest absolute Gasteiger partial charge is 0.308 e. The molecule has 0 amide bonds. The van der Waals surface area contributed by atoms with Crippen molar-refractivity contribution in [1.82, 2.24) is 19.9 Å². The van der Waals surface area contributed by atoms with Gasteiger partial charge in [-0.3, -0.25) is 4.79 Å². The molecule has 0 saturated heterocycles. The van der Waals surface area contributed by atoms with E-state index in [0.717, 1.165) is 43.0 Å². The molecular weight excluding hydrogens is 524 g/mol. The zero-order chi connectivity index (χ0) is 28.1. The van der Waals surface area contributed by atoms with Gasteiger partial charge in [0.1, 0.15) is 17.2 Å². The van der Waals surface area contributed by atoms with E-state index >= 15 is 4.39 Å². The molecule has 5 aromatic rings. The van der Waals surface area contributed by atoms with Crippen molar-refractivity contribution >= 4 is 22.8 Å². The number of aliphatic carboxylic acids is 1. The maximum atomic E-state index is 16.3. The normalized spacial score (nSPS) is 21.7. The molecule has 3 aliphatic carbocycles. The highest BCUT2D eigenvalue weighted by Gasteiger charge is 2.47. The fourth-order valence-electron chi connectivity index (χ4n) is 6.64. The number of aromatic amines is 1. The van der Waals surface area contributed by atoms with Gasteiger partial charge in [-0.1, -0.05) is 54.6 Å². The number of pyridine rings is 1. The molecule has 2 unspecified atom stereocenters. The molecule has 2 atom stereocenters. The molecule has 3 aromatic heterocycles. The maximum Gasteiger partial charge on any atom is 0.308 e. The first-order valence-electron chi connectivity index (χ1n) is 13.8. The monoisotopic (exact) mass is 551 g/mol. The summed E-state index contributed by atoms with van der Waals surface area (Å²) in [6, 6.07) is 18.2. The average Bonchev–Trinajstić information content (AvgIpc) is 3.42. The molecule has 0 radical (unpaired) electrons. The van der Waals surface area contributed by atoms with E-state index in [4.69, 9.17) is 0 Å². The summed E-state index contributed by atoms with van der Waals surface area (Å²) in [5, 5.41) is 13.7. The van der Waals surface area contributed by atoms with Gasteiger partial charge in [0, 0.05) is 28.8 Å². The van der Waals surface area contributed by atoms with Gasteiger partial charge >= 0.3 is 5.97 Å². The third-order valence-corrected chi connectivity index (χ3v) is 8.66. The van der Waals surface area contributed by atoms with Gasteiger partial charge in [-0.05, 0) is 54.7 Å². The summed E-state index contributed by atoms with van der Waals surface area (Å²) in [6.45, 7) is 0. The van der Waals surface area contributed by atoms with Crippen LogP contribution in [0.15, 0.2) is 73.1 Å². The van der Waals surface area contributed by atoms with Gasteiger partial charge in [0.2, 0.25) is 0 Å². The van der Waals surface area contributed by atoms with Gasteiger partial charge in [-0.15, -0.1) is 0 Å². The van der Waals surface area contributed by atoms with E-state index in [0.29, 0.717) is 22.2 Å². The molecule has 3 heterocycles. The van der Waals surface area contributed by atoms with E-state index < -0.39 is 29.6 Å². The molecule has 2 bridgehead atoms. The molecule has 0 aliphatic heterocycles. The minimum atomic E-state index is -0.874. The lowest BCUT2D eigenvalue weighted by molar-refractivity contribution is -0.148. The van der Waals surface area contributed by atoms with Crippen LogP contribution in [0.5, 0.6) is 0 Å². The molecule has 3 aliphatic rings. The number of carbonyl (C=O) groups is 1. The maximum absolute atomic E-state index is 16.3.